The van der Waals surface area contributed by atoms with Gasteiger partial charge >= 0.3 is 0 Å². The highest BCUT2D eigenvalue weighted by atomic mass is 35.5. The van der Waals surface area contributed by atoms with Crippen LogP contribution in [0.15, 0.2) is 18.2 Å². The molecule has 0 radical (unpaired) electrons. The van der Waals surface area contributed by atoms with Crippen LogP contribution in [0.4, 0.5) is 5.69 Å². The van der Waals surface area contributed by atoms with E-state index in [1.54, 1.807) is 12.1 Å². The molecule has 102 valence electrons. The maximum atomic E-state index is 8.82. The van der Waals surface area contributed by atoms with Crippen molar-refractivity contribution in [3.05, 3.63) is 28.8 Å². The Morgan fingerprint density at radius 2 is 2.11 bits per heavy atom. The summed E-state index contributed by atoms with van der Waals surface area (Å²) in [7, 11) is 2.17. The number of likely N-dealkylation sites (tertiary alicyclic amines) is 1. The fraction of sp³-hybridized carbons (Fsp3) is 0.533. The van der Waals surface area contributed by atoms with Crippen molar-refractivity contribution < 1.29 is 0 Å². The predicted octanol–water partition coefficient (Wildman–Crippen LogP) is 3.36. The second-order valence-electron chi connectivity index (χ2n) is 5.77. The van der Waals surface area contributed by atoms with E-state index in [9.17, 15) is 0 Å². The zero-order valence-corrected chi connectivity index (χ0v) is 12.3. The highest BCUT2D eigenvalue weighted by Crippen LogP contribution is 2.32. The van der Waals surface area contributed by atoms with E-state index in [-0.39, 0.29) is 0 Å². The van der Waals surface area contributed by atoms with Gasteiger partial charge in [-0.2, -0.15) is 5.26 Å². The number of rotatable bonds is 3. The molecule has 1 aromatic carbocycles. The van der Waals surface area contributed by atoms with E-state index in [0.29, 0.717) is 16.0 Å². The van der Waals surface area contributed by atoms with Gasteiger partial charge in [0.1, 0.15) is 0 Å². The SMILES string of the molecule is CN1CCC(C)(CNc2ccc(C#N)cc2Cl)CC1. The number of anilines is 1. The van der Waals surface area contributed by atoms with Crippen LogP contribution in [0.1, 0.15) is 25.3 Å². The van der Waals surface area contributed by atoms with E-state index in [1.807, 2.05) is 6.07 Å². The minimum atomic E-state index is 0.323. The first kappa shape index (κ1) is 14.2. The van der Waals surface area contributed by atoms with Gasteiger partial charge in [0.15, 0.2) is 0 Å². The molecule has 1 saturated heterocycles. The van der Waals surface area contributed by atoms with Gasteiger partial charge in [0, 0.05) is 6.54 Å². The maximum absolute atomic E-state index is 8.82. The molecule has 0 amide bonds. The Balaban J connectivity index is 1.97. The molecule has 2 rings (SSSR count). The monoisotopic (exact) mass is 277 g/mol. The van der Waals surface area contributed by atoms with Gasteiger partial charge in [-0.1, -0.05) is 18.5 Å². The summed E-state index contributed by atoms with van der Waals surface area (Å²) in [5.74, 6) is 0. The van der Waals surface area contributed by atoms with Crippen molar-refractivity contribution in [2.75, 3.05) is 32.0 Å². The first-order chi connectivity index (χ1) is 9.02. The summed E-state index contributed by atoms with van der Waals surface area (Å²) < 4.78 is 0. The molecule has 0 spiro atoms. The molecule has 1 fully saturated rings. The lowest BCUT2D eigenvalue weighted by molar-refractivity contribution is 0.150. The van der Waals surface area contributed by atoms with Gasteiger partial charge in [-0.05, 0) is 56.6 Å². The van der Waals surface area contributed by atoms with Crippen molar-refractivity contribution in [1.82, 2.24) is 4.90 Å². The summed E-state index contributed by atoms with van der Waals surface area (Å²) in [4.78, 5) is 2.37. The Bertz CT molecular complexity index is 485. The molecule has 1 heterocycles. The zero-order chi connectivity index (χ0) is 13.9. The van der Waals surface area contributed by atoms with Gasteiger partial charge in [-0.15, -0.1) is 0 Å². The van der Waals surface area contributed by atoms with Gasteiger partial charge in [0.05, 0.1) is 22.3 Å². The maximum Gasteiger partial charge on any atom is 0.0992 e. The number of piperidine rings is 1. The van der Waals surface area contributed by atoms with E-state index in [0.717, 1.165) is 25.3 Å². The first-order valence-electron chi connectivity index (χ1n) is 6.64. The van der Waals surface area contributed by atoms with E-state index in [4.69, 9.17) is 16.9 Å². The van der Waals surface area contributed by atoms with E-state index in [2.05, 4.69) is 30.3 Å². The van der Waals surface area contributed by atoms with Crippen LogP contribution in [0.25, 0.3) is 0 Å². The number of nitrogens with zero attached hydrogens (tertiary/aromatic N) is 2. The number of benzene rings is 1. The van der Waals surface area contributed by atoms with Crippen molar-refractivity contribution in [2.24, 2.45) is 5.41 Å². The van der Waals surface area contributed by atoms with Gasteiger partial charge in [-0.25, -0.2) is 0 Å². The van der Waals surface area contributed by atoms with E-state index < -0.39 is 0 Å². The fourth-order valence-electron chi connectivity index (χ4n) is 2.37. The van der Waals surface area contributed by atoms with Gasteiger partial charge in [0.2, 0.25) is 0 Å². The van der Waals surface area contributed by atoms with Crippen LogP contribution < -0.4 is 5.32 Å². The Morgan fingerprint density at radius 3 is 2.68 bits per heavy atom. The number of nitriles is 1. The molecule has 0 saturated carbocycles. The minimum absolute atomic E-state index is 0.323. The second-order valence-corrected chi connectivity index (χ2v) is 6.18. The van der Waals surface area contributed by atoms with Crippen LogP contribution in [0.2, 0.25) is 5.02 Å². The van der Waals surface area contributed by atoms with E-state index in [1.165, 1.54) is 12.8 Å². The van der Waals surface area contributed by atoms with Gasteiger partial charge in [0.25, 0.3) is 0 Å². The number of halogens is 1. The lowest BCUT2D eigenvalue weighted by Crippen LogP contribution is -2.40. The Labute approximate surface area is 120 Å². The van der Waals surface area contributed by atoms with Crippen molar-refractivity contribution in [1.29, 1.82) is 5.26 Å². The molecular weight excluding hydrogens is 258 g/mol. The summed E-state index contributed by atoms with van der Waals surface area (Å²) in [5.41, 5.74) is 1.84. The van der Waals surface area contributed by atoms with Crippen LogP contribution in [-0.2, 0) is 0 Å². The molecule has 0 aliphatic carbocycles. The molecule has 1 N–H and O–H groups in total. The number of hydrogen-bond donors (Lipinski definition) is 1. The molecule has 0 atom stereocenters. The molecule has 0 aromatic heterocycles. The lowest BCUT2D eigenvalue weighted by Gasteiger charge is -2.38. The average Bonchev–Trinajstić information content (AvgIpc) is 2.41. The molecule has 0 unspecified atom stereocenters. The summed E-state index contributed by atoms with van der Waals surface area (Å²) in [6.45, 7) is 5.55. The van der Waals surface area contributed by atoms with Crippen molar-refractivity contribution in [3.8, 4) is 6.07 Å². The normalized spacial score (nSPS) is 18.8. The largest absolute Gasteiger partial charge is 0.383 e. The third kappa shape index (κ3) is 3.62. The molecule has 19 heavy (non-hydrogen) atoms. The highest BCUT2D eigenvalue weighted by Gasteiger charge is 2.28. The van der Waals surface area contributed by atoms with Crippen LogP contribution in [-0.4, -0.2) is 31.6 Å². The predicted molar refractivity (Wildman–Crippen MR) is 79.5 cm³/mol. The standard InChI is InChI=1S/C15H20ClN3/c1-15(5-7-19(2)8-6-15)11-18-14-4-3-12(10-17)9-13(14)16/h3-4,9,18H,5-8,11H2,1-2H3. The molecule has 4 heteroatoms. The average molecular weight is 278 g/mol. The van der Waals surface area contributed by atoms with Crippen LogP contribution in [0.5, 0.6) is 0 Å². The Hall–Kier alpha value is -1.24. The summed E-state index contributed by atoms with van der Waals surface area (Å²) in [5, 5.41) is 12.9. The smallest absolute Gasteiger partial charge is 0.0992 e. The first-order valence-corrected chi connectivity index (χ1v) is 7.02. The summed E-state index contributed by atoms with van der Waals surface area (Å²) >= 11 is 6.17. The molecule has 3 nitrogen and oxygen atoms in total. The quantitative estimate of drug-likeness (QED) is 0.921. The van der Waals surface area contributed by atoms with E-state index >= 15 is 0 Å². The topological polar surface area (TPSA) is 39.1 Å². The third-order valence-electron chi connectivity index (χ3n) is 4.00. The number of nitrogens with one attached hydrogen (secondary N) is 1. The molecule has 1 aliphatic heterocycles. The molecule has 0 bridgehead atoms. The van der Waals surface area contributed by atoms with Gasteiger partial charge < -0.3 is 10.2 Å². The van der Waals surface area contributed by atoms with Crippen LogP contribution in [0, 0.1) is 16.7 Å². The van der Waals surface area contributed by atoms with Gasteiger partial charge in [-0.3, -0.25) is 0 Å². The van der Waals surface area contributed by atoms with Crippen LogP contribution >= 0.6 is 11.6 Å². The summed E-state index contributed by atoms with van der Waals surface area (Å²) in [6, 6.07) is 7.49. The lowest BCUT2D eigenvalue weighted by atomic mass is 9.80. The third-order valence-corrected chi connectivity index (χ3v) is 4.31. The van der Waals surface area contributed by atoms with Crippen molar-refractivity contribution >= 4 is 17.3 Å². The Morgan fingerprint density at radius 1 is 1.42 bits per heavy atom. The minimum Gasteiger partial charge on any atom is -0.383 e. The second kappa shape index (κ2) is 5.81. The highest BCUT2D eigenvalue weighted by molar-refractivity contribution is 6.33. The molecule has 1 aromatic rings. The van der Waals surface area contributed by atoms with Crippen molar-refractivity contribution in [2.45, 2.75) is 19.8 Å². The van der Waals surface area contributed by atoms with Crippen LogP contribution in [0.3, 0.4) is 0 Å². The zero-order valence-electron chi connectivity index (χ0n) is 11.5. The molecule has 1 aliphatic rings. The Kier molecular flexibility index (Phi) is 4.34. The van der Waals surface area contributed by atoms with Crippen molar-refractivity contribution in [3.63, 3.8) is 0 Å². The fourth-order valence-corrected chi connectivity index (χ4v) is 2.62. The summed E-state index contributed by atoms with van der Waals surface area (Å²) in [6.07, 6.45) is 2.40. The number of hydrogen-bond acceptors (Lipinski definition) is 3. The molecular formula is C15H20ClN3.